The second-order valence-electron chi connectivity index (χ2n) is 7.80. The summed E-state index contributed by atoms with van der Waals surface area (Å²) < 4.78 is 59.3. The normalized spacial score (nSPS) is 22.8. The molecule has 0 aliphatic carbocycles. The van der Waals surface area contributed by atoms with Crippen molar-refractivity contribution in [1.29, 1.82) is 0 Å². The standard InChI is InChI=1S/C20H30FN2O13PS2/c1-4-32-17(26)20(18(27)33-5-2,9-31-11-39-38-3)10-34-37(29,30)36-15-12(8-24)35-16(14(15)21)23-7-6-13(25)22-19(23)28/h6-7,12,14-16,24H,4-5,8-11H2,1-3H3,(H,29,30)(H,22,25,28). The number of H-pyrrole nitrogens is 1. The number of phosphoric ester groups is 1. The minimum Gasteiger partial charge on any atom is -0.465 e. The van der Waals surface area contributed by atoms with Crippen LogP contribution >= 0.6 is 29.4 Å². The van der Waals surface area contributed by atoms with E-state index in [-0.39, 0.29) is 19.2 Å². The molecule has 0 amide bonds. The van der Waals surface area contributed by atoms with Crippen molar-refractivity contribution in [3.05, 3.63) is 33.1 Å². The maximum atomic E-state index is 15.3. The van der Waals surface area contributed by atoms with Gasteiger partial charge < -0.3 is 28.9 Å². The maximum Gasteiger partial charge on any atom is 0.472 e. The molecule has 222 valence electrons. The number of alkyl halides is 1. The summed E-state index contributed by atoms with van der Waals surface area (Å²) in [5.74, 6) is -2.28. The van der Waals surface area contributed by atoms with Crippen molar-refractivity contribution in [2.75, 3.05) is 45.2 Å². The lowest BCUT2D eigenvalue weighted by Gasteiger charge is -2.29. The number of aromatic amines is 1. The van der Waals surface area contributed by atoms with Gasteiger partial charge in [-0.15, -0.1) is 0 Å². The Balaban J connectivity index is 2.27. The average molecular weight is 621 g/mol. The molecule has 1 aliphatic rings. The summed E-state index contributed by atoms with van der Waals surface area (Å²) in [5.41, 5.74) is -4.13. The van der Waals surface area contributed by atoms with Gasteiger partial charge in [-0.05, 0) is 20.1 Å². The smallest absolute Gasteiger partial charge is 0.465 e. The number of carbonyl (C=O) groups is 2. The van der Waals surface area contributed by atoms with Crippen molar-refractivity contribution in [3.63, 3.8) is 0 Å². The molecular formula is C20H30FN2O13PS2. The molecule has 1 aliphatic heterocycles. The summed E-state index contributed by atoms with van der Waals surface area (Å²) in [4.78, 5) is 61.3. The predicted octanol–water partition coefficient (Wildman–Crippen LogP) is 0.365. The fourth-order valence-electron chi connectivity index (χ4n) is 3.39. The first-order valence-electron chi connectivity index (χ1n) is 11.4. The number of nitrogens with one attached hydrogen (secondary N) is 1. The third kappa shape index (κ3) is 8.61. The molecule has 1 aromatic rings. The van der Waals surface area contributed by atoms with Gasteiger partial charge in [-0.3, -0.25) is 33.0 Å². The summed E-state index contributed by atoms with van der Waals surface area (Å²) in [5, 5.41) is 9.62. The zero-order valence-electron chi connectivity index (χ0n) is 21.2. The first-order chi connectivity index (χ1) is 18.5. The largest absolute Gasteiger partial charge is 0.472 e. The Labute approximate surface area is 229 Å². The minimum absolute atomic E-state index is 0.0294. The maximum absolute atomic E-state index is 15.3. The Kier molecular flexibility index (Phi) is 13.1. The van der Waals surface area contributed by atoms with Gasteiger partial charge in [0.05, 0.1) is 33.0 Å². The molecule has 2 heterocycles. The highest BCUT2D eigenvalue weighted by Gasteiger charge is 2.54. The van der Waals surface area contributed by atoms with Crippen LogP contribution in [0, 0.1) is 5.41 Å². The summed E-state index contributed by atoms with van der Waals surface area (Å²) in [6.07, 6.45) is -4.82. The fourth-order valence-corrected chi connectivity index (χ4v) is 5.14. The second kappa shape index (κ2) is 15.3. The van der Waals surface area contributed by atoms with Crippen LogP contribution in [0.1, 0.15) is 20.1 Å². The SMILES string of the molecule is CCOC(=O)C(COCSSC)(COP(=O)(O)OC1C(CO)OC(n2ccc(=O)[nH]c2=O)C1F)C(=O)OCC. The number of aliphatic hydroxyl groups is 1. The van der Waals surface area contributed by atoms with Crippen LogP contribution < -0.4 is 11.2 Å². The van der Waals surface area contributed by atoms with Crippen molar-refractivity contribution in [3.8, 4) is 0 Å². The van der Waals surface area contributed by atoms with Crippen LogP contribution in [0.3, 0.4) is 0 Å². The molecule has 5 unspecified atom stereocenters. The summed E-state index contributed by atoms with van der Waals surface area (Å²) in [6.45, 7) is -0.0127. The highest BCUT2D eigenvalue weighted by molar-refractivity contribution is 8.76. The van der Waals surface area contributed by atoms with Gasteiger partial charge in [0.15, 0.2) is 12.4 Å². The first kappa shape index (κ1) is 33.4. The number of nitrogens with zero attached hydrogens (tertiary/aromatic N) is 1. The molecule has 0 saturated carbocycles. The summed E-state index contributed by atoms with van der Waals surface area (Å²) in [7, 11) is -2.69. The minimum atomic E-state index is -5.28. The van der Waals surface area contributed by atoms with Crippen molar-refractivity contribution in [1.82, 2.24) is 9.55 Å². The van der Waals surface area contributed by atoms with Gasteiger partial charge in [0, 0.05) is 12.3 Å². The van der Waals surface area contributed by atoms with Crippen molar-refractivity contribution >= 4 is 41.3 Å². The molecule has 3 N–H and O–H groups in total. The van der Waals surface area contributed by atoms with E-state index in [0.29, 0.717) is 4.57 Å². The van der Waals surface area contributed by atoms with E-state index < -0.39 is 80.9 Å². The van der Waals surface area contributed by atoms with Gasteiger partial charge in [-0.1, -0.05) is 21.6 Å². The van der Waals surface area contributed by atoms with Crippen LogP contribution in [0.5, 0.6) is 0 Å². The van der Waals surface area contributed by atoms with E-state index in [0.717, 1.165) is 12.3 Å². The first-order valence-corrected chi connectivity index (χ1v) is 15.6. The van der Waals surface area contributed by atoms with Gasteiger partial charge in [0.2, 0.25) is 5.41 Å². The molecule has 39 heavy (non-hydrogen) atoms. The van der Waals surface area contributed by atoms with Gasteiger partial charge in [0.1, 0.15) is 18.1 Å². The Morgan fingerprint density at radius 3 is 2.41 bits per heavy atom. The number of esters is 2. The van der Waals surface area contributed by atoms with Crippen LogP contribution in [0.25, 0.3) is 0 Å². The Morgan fingerprint density at radius 1 is 1.23 bits per heavy atom. The van der Waals surface area contributed by atoms with Gasteiger partial charge in [-0.2, -0.15) is 0 Å². The summed E-state index contributed by atoms with van der Waals surface area (Å²) in [6, 6.07) is 0.920. The van der Waals surface area contributed by atoms with Crippen LogP contribution in [-0.2, 0) is 42.1 Å². The molecule has 0 radical (unpaired) electrons. The number of hydrogen-bond donors (Lipinski definition) is 3. The van der Waals surface area contributed by atoms with E-state index in [1.807, 2.05) is 4.98 Å². The third-order valence-electron chi connectivity index (χ3n) is 5.23. The quantitative estimate of drug-likeness (QED) is 0.0571. The molecule has 2 rings (SSSR count). The molecule has 5 atom stereocenters. The van der Waals surface area contributed by atoms with Crippen LogP contribution in [-0.4, -0.2) is 95.1 Å². The number of phosphoric acid groups is 1. The number of rotatable bonds is 16. The molecule has 0 bridgehead atoms. The van der Waals surface area contributed by atoms with Crippen LogP contribution in [0.15, 0.2) is 21.9 Å². The van der Waals surface area contributed by atoms with Crippen molar-refractivity contribution in [2.45, 2.75) is 38.5 Å². The molecule has 19 heteroatoms. The number of ether oxygens (including phenoxy) is 4. The van der Waals surface area contributed by atoms with E-state index >= 15 is 4.39 Å². The Morgan fingerprint density at radius 2 is 1.87 bits per heavy atom. The highest BCUT2D eigenvalue weighted by Crippen LogP contribution is 2.50. The number of aromatic nitrogens is 2. The monoisotopic (exact) mass is 620 g/mol. The topological polar surface area (TPSA) is 202 Å². The van der Waals surface area contributed by atoms with E-state index in [1.54, 1.807) is 6.26 Å². The molecule has 15 nitrogen and oxygen atoms in total. The third-order valence-corrected chi connectivity index (χ3v) is 7.69. The lowest BCUT2D eigenvalue weighted by atomic mass is 9.90. The Bertz CT molecular complexity index is 1120. The lowest BCUT2D eigenvalue weighted by molar-refractivity contribution is -0.179. The second-order valence-corrected chi connectivity index (χ2v) is 11.7. The van der Waals surface area contributed by atoms with Crippen molar-refractivity contribution in [2.24, 2.45) is 5.41 Å². The van der Waals surface area contributed by atoms with Crippen LogP contribution in [0.4, 0.5) is 4.39 Å². The lowest BCUT2D eigenvalue weighted by Crippen LogP contribution is -2.49. The number of halogens is 1. The van der Waals surface area contributed by atoms with E-state index in [1.165, 1.54) is 35.4 Å². The van der Waals surface area contributed by atoms with Gasteiger partial charge in [0.25, 0.3) is 5.56 Å². The van der Waals surface area contributed by atoms with Crippen LogP contribution in [0.2, 0.25) is 0 Å². The fraction of sp³-hybridized carbons (Fsp3) is 0.700. The van der Waals surface area contributed by atoms with Gasteiger partial charge >= 0.3 is 25.5 Å². The molecule has 0 spiro atoms. The van der Waals surface area contributed by atoms with Crippen molar-refractivity contribution < 1.29 is 56.5 Å². The average Bonchev–Trinajstić information content (AvgIpc) is 3.18. The van der Waals surface area contributed by atoms with E-state index in [4.69, 9.17) is 28.0 Å². The number of carbonyl (C=O) groups excluding carboxylic acids is 2. The molecule has 1 aromatic heterocycles. The zero-order chi connectivity index (χ0) is 29.2. The number of aliphatic hydroxyl groups excluding tert-OH is 1. The molecular weight excluding hydrogens is 590 g/mol. The highest BCUT2D eigenvalue weighted by atomic mass is 33.1. The Hall–Kier alpha value is -1.76. The summed E-state index contributed by atoms with van der Waals surface area (Å²) >= 11 is 0. The van der Waals surface area contributed by atoms with E-state index in [9.17, 15) is 33.7 Å². The zero-order valence-corrected chi connectivity index (χ0v) is 23.7. The predicted molar refractivity (Wildman–Crippen MR) is 135 cm³/mol. The van der Waals surface area contributed by atoms with E-state index in [2.05, 4.69) is 0 Å². The molecule has 0 aromatic carbocycles. The molecule has 1 fully saturated rings. The molecule has 1 saturated heterocycles. The number of hydrogen-bond acceptors (Lipinski definition) is 14. The van der Waals surface area contributed by atoms with Gasteiger partial charge in [-0.25, -0.2) is 13.8 Å².